The molecule has 6 N–H and O–H groups in total. The quantitative estimate of drug-likeness (QED) is 0.0479. The lowest BCUT2D eigenvalue weighted by Crippen LogP contribution is -2.24. The zero-order chi connectivity index (χ0) is 62.4. The molecule has 3 atom stereocenters. The third kappa shape index (κ3) is 18.1. The Labute approximate surface area is 514 Å². The highest BCUT2D eigenvalue weighted by molar-refractivity contribution is 6.01. The van der Waals surface area contributed by atoms with Crippen LogP contribution in [0.4, 0.5) is 17.1 Å². The molecule has 3 fully saturated rings. The second-order valence-electron chi connectivity index (χ2n) is 22.1. The van der Waals surface area contributed by atoms with Crippen LogP contribution in [-0.4, -0.2) is 68.3 Å². The first-order chi connectivity index (χ1) is 42.7. The lowest BCUT2D eigenvalue weighted by atomic mass is 9.98. The van der Waals surface area contributed by atoms with E-state index in [1.54, 1.807) is 69.3 Å². The van der Waals surface area contributed by atoms with Crippen LogP contribution in [0.15, 0.2) is 170 Å². The average Bonchev–Trinajstić information content (AvgIpc) is 3.53. The van der Waals surface area contributed by atoms with Crippen molar-refractivity contribution in [2.45, 2.75) is 102 Å². The molecule has 10 rings (SSSR count). The number of unbranched alkanes of at least 4 members (excludes halogenated alkanes) is 6. The molecule has 452 valence electrons. The van der Waals surface area contributed by atoms with Gasteiger partial charge in [-0.1, -0.05) is 97.3 Å². The molecule has 0 saturated carbocycles. The van der Waals surface area contributed by atoms with Crippen LogP contribution in [-0.2, 0) is 21.0 Å². The highest BCUT2D eigenvalue weighted by atomic mass is 16.5. The fourth-order valence-corrected chi connectivity index (χ4v) is 10.9. The van der Waals surface area contributed by atoms with Crippen molar-refractivity contribution in [2.75, 3.05) is 47.5 Å². The lowest BCUT2D eigenvalue weighted by molar-refractivity contribution is -0.118. The summed E-state index contributed by atoms with van der Waals surface area (Å²) >= 11 is 0. The van der Waals surface area contributed by atoms with Crippen LogP contribution in [0, 0.1) is 29.6 Å². The Kier molecular flexibility index (Phi) is 23.0. The summed E-state index contributed by atoms with van der Waals surface area (Å²) in [7, 11) is 0. The summed E-state index contributed by atoms with van der Waals surface area (Å²) in [6.07, 6.45) is 8.08. The molecular weight excluding hydrogens is 1110 g/mol. The summed E-state index contributed by atoms with van der Waals surface area (Å²) in [4.78, 5) is 77.2. The average molecular weight is 1180 g/mol. The van der Waals surface area contributed by atoms with Crippen LogP contribution in [0.3, 0.4) is 0 Å². The van der Waals surface area contributed by atoms with E-state index in [9.17, 15) is 28.8 Å². The van der Waals surface area contributed by atoms with Crippen molar-refractivity contribution in [3.63, 3.8) is 0 Å². The predicted octanol–water partition coefficient (Wildman–Crippen LogP) is 11.7. The molecule has 7 aromatic carbocycles. The number of anilines is 3. The number of nitrogens with zero attached hydrogens (tertiary/aromatic N) is 5. The van der Waals surface area contributed by atoms with E-state index < -0.39 is 17.7 Å². The number of ether oxygens (including phenoxy) is 3. The third-order valence-corrected chi connectivity index (χ3v) is 15.6. The molecule has 17 heteroatoms. The number of carbonyl (C=O) groups is 6. The molecule has 0 radical (unpaired) electrons. The molecule has 3 heterocycles. The zero-order valence-electron chi connectivity index (χ0n) is 49.6. The van der Waals surface area contributed by atoms with Crippen LogP contribution in [0.5, 0.6) is 17.2 Å². The monoisotopic (exact) mass is 1180 g/mol. The molecule has 3 saturated heterocycles. The number of amides is 6. The maximum absolute atomic E-state index is 12.6. The number of nitriles is 2. The van der Waals surface area contributed by atoms with Gasteiger partial charge in [-0.15, -0.1) is 0 Å². The topological polar surface area (TPSA) is 265 Å². The Morgan fingerprint density at radius 3 is 1.18 bits per heavy atom. The van der Waals surface area contributed by atoms with Crippen molar-refractivity contribution in [1.29, 1.82) is 10.5 Å². The number of aryl methyl sites for hydroxylation is 1. The summed E-state index contributed by atoms with van der Waals surface area (Å²) in [5.74, 6) is 1.15. The normalized spacial score (nSPS) is 15.9. The molecule has 17 nitrogen and oxygen atoms in total. The largest absolute Gasteiger partial charge is 0.494 e. The molecule has 7 aromatic rings. The van der Waals surface area contributed by atoms with Gasteiger partial charge in [-0.05, 0) is 146 Å². The molecule has 6 amide bonds. The van der Waals surface area contributed by atoms with Gasteiger partial charge in [0, 0.05) is 103 Å². The van der Waals surface area contributed by atoms with Gasteiger partial charge in [-0.2, -0.15) is 10.5 Å². The molecular formula is C71H74N8O9. The van der Waals surface area contributed by atoms with Gasteiger partial charge in [0.15, 0.2) is 0 Å². The predicted molar refractivity (Wildman–Crippen MR) is 338 cm³/mol. The van der Waals surface area contributed by atoms with Gasteiger partial charge in [0.05, 0.1) is 25.4 Å². The fourth-order valence-electron chi connectivity index (χ4n) is 10.9. The number of carbonyl (C=O) groups excluding carboxylic acids is 6. The summed E-state index contributed by atoms with van der Waals surface area (Å²) in [5.41, 5.74) is 24.9. The van der Waals surface area contributed by atoms with Crippen LogP contribution >= 0.6 is 0 Å². The zero-order valence-corrected chi connectivity index (χ0v) is 49.6. The first-order valence-electron chi connectivity index (χ1n) is 29.7. The van der Waals surface area contributed by atoms with Crippen molar-refractivity contribution in [3.8, 4) is 29.4 Å². The molecule has 0 aromatic heterocycles. The summed E-state index contributed by atoms with van der Waals surface area (Å²) in [5, 5.41) is 17.1. The van der Waals surface area contributed by atoms with Crippen LogP contribution < -0.4 is 46.1 Å². The maximum Gasteiger partial charge on any atom is 0.248 e. The number of nitrogens with two attached hydrogens (primary N) is 3. The van der Waals surface area contributed by atoms with E-state index in [2.05, 4.69) is 31.2 Å². The van der Waals surface area contributed by atoms with E-state index in [0.717, 1.165) is 78.0 Å². The maximum atomic E-state index is 12.6. The Hall–Kier alpha value is -10.3. The molecule has 0 bridgehead atoms. The first-order valence-corrected chi connectivity index (χ1v) is 29.7. The lowest BCUT2D eigenvalue weighted by Gasteiger charge is -2.18. The van der Waals surface area contributed by atoms with Gasteiger partial charge >= 0.3 is 0 Å². The second kappa shape index (κ2) is 31.8. The van der Waals surface area contributed by atoms with Gasteiger partial charge in [0.25, 0.3) is 0 Å². The number of hydrogen-bond acceptors (Lipinski definition) is 11. The number of primary amides is 3. The van der Waals surface area contributed by atoms with Crippen molar-refractivity contribution in [1.82, 2.24) is 0 Å². The Morgan fingerprint density at radius 1 is 0.443 bits per heavy atom. The van der Waals surface area contributed by atoms with E-state index in [-0.39, 0.29) is 35.5 Å². The van der Waals surface area contributed by atoms with E-state index in [1.165, 1.54) is 5.56 Å². The van der Waals surface area contributed by atoms with Crippen molar-refractivity contribution >= 4 is 52.5 Å². The van der Waals surface area contributed by atoms with Gasteiger partial charge in [-0.25, -0.2) is 0 Å². The van der Waals surface area contributed by atoms with E-state index in [0.29, 0.717) is 105 Å². The minimum absolute atomic E-state index is 0.0226. The Morgan fingerprint density at radius 2 is 0.795 bits per heavy atom. The summed E-state index contributed by atoms with van der Waals surface area (Å²) in [6, 6.07) is 56.8. The first kappa shape index (κ1) is 63.8. The van der Waals surface area contributed by atoms with E-state index in [4.69, 9.17) is 41.9 Å². The second-order valence-corrected chi connectivity index (χ2v) is 22.1. The minimum Gasteiger partial charge on any atom is -0.494 e. The van der Waals surface area contributed by atoms with Gasteiger partial charge < -0.3 is 46.1 Å². The van der Waals surface area contributed by atoms with Crippen molar-refractivity contribution < 1.29 is 43.0 Å². The third-order valence-electron chi connectivity index (χ3n) is 15.6. The van der Waals surface area contributed by atoms with Crippen molar-refractivity contribution in [2.24, 2.45) is 17.2 Å². The molecule has 0 aliphatic carbocycles. The van der Waals surface area contributed by atoms with Crippen LogP contribution in [0.25, 0.3) is 0 Å². The summed E-state index contributed by atoms with van der Waals surface area (Å²) in [6.45, 7) is 5.44. The Balaban J connectivity index is 0.000000171. The van der Waals surface area contributed by atoms with Gasteiger partial charge in [-0.3, -0.25) is 28.8 Å². The smallest absolute Gasteiger partial charge is 0.248 e. The van der Waals surface area contributed by atoms with Gasteiger partial charge in [0.2, 0.25) is 35.4 Å². The number of rotatable bonds is 24. The molecule has 3 aliphatic heterocycles. The van der Waals surface area contributed by atoms with Crippen molar-refractivity contribution in [3.05, 3.63) is 214 Å². The fraction of sp³-hybridized carbons (Fsp3) is 0.296. The van der Waals surface area contributed by atoms with Crippen LogP contribution in [0.1, 0.15) is 147 Å². The number of benzene rings is 7. The van der Waals surface area contributed by atoms with Gasteiger partial charge in [0.1, 0.15) is 23.9 Å². The summed E-state index contributed by atoms with van der Waals surface area (Å²) < 4.78 is 17.6. The standard InChI is InChI=1S/C25H24N2O3.C24H27N3O3.C22H23N3O3/c1-17-5-2-6-18(11-17)16-30-23-10-4-7-19(13-23)21-14-24(28)27(15-21)22-9-3-8-20(12-22)25(26)29;25-12-4-2-1-3-5-13-30-22-11-7-8-18(15-22)20-16-23(28)27(17-20)21-10-6-9-19(14-21)24(26)29;23-10-2-1-3-11-28-20-9-5-6-16(13-20)18-14-21(26)25(15-18)19-8-4-7-17(12-19)22(24)27/h2-13,21H,14-16H2,1H3,(H2,26,29);6-11,14-15,20H,1-5,13,16-17H2,(H2,26,29);4-9,12-13,18H,1-3,11,14-15H2,(H2,24,27). The molecule has 0 spiro atoms. The SMILES string of the molecule is Cc1cccc(COc2cccc(C3CC(=O)N(c4cccc(C(N)=O)c4)C3)c2)c1.N#CCCCCCCOc1cccc(C2CC(=O)N(c3cccc(C(N)=O)c3)C2)c1.N#CCCCCOc1cccc(C2CC(=O)N(c3cccc(C(N)=O)c3)C2)c1. The minimum atomic E-state index is -0.510. The Bertz CT molecular complexity index is 3690. The highest BCUT2D eigenvalue weighted by Crippen LogP contribution is 2.37. The molecule has 88 heavy (non-hydrogen) atoms. The van der Waals surface area contributed by atoms with E-state index in [1.807, 2.05) is 103 Å². The van der Waals surface area contributed by atoms with E-state index >= 15 is 0 Å². The highest BCUT2D eigenvalue weighted by Gasteiger charge is 2.34. The molecule has 3 unspecified atom stereocenters. The molecule has 3 aliphatic rings. The number of hydrogen-bond donors (Lipinski definition) is 3. The van der Waals surface area contributed by atoms with Crippen LogP contribution in [0.2, 0.25) is 0 Å².